The zero-order valence-electron chi connectivity index (χ0n) is 28.6. The van der Waals surface area contributed by atoms with Gasteiger partial charge < -0.3 is 28.8 Å². The molecule has 0 aliphatic rings. The Bertz CT molecular complexity index is 326. The molecule has 0 saturated heterocycles. The van der Waals surface area contributed by atoms with Gasteiger partial charge in [0.05, 0.1) is 13.2 Å². The Kier molecular flexibility index (Phi) is 67.9. The molecule has 0 aromatic heterocycles. The number of hydrogen-bond acceptors (Lipinski definition) is 4. The van der Waals surface area contributed by atoms with Gasteiger partial charge in [0.2, 0.25) is 0 Å². The first-order chi connectivity index (χ1) is 18.1. The summed E-state index contributed by atoms with van der Waals surface area (Å²) in [5.74, 6) is 0. The molecule has 0 rings (SSSR count). The minimum atomic E-state index is -0.954. The van der Waals surface area contributed by atoms with Crippen molar-refractivity contribution in [1.29, 1.82) is 0 Å². The second-order valence-corrected chi connectivity index (χ2v) is 10.7. The molecule has 0 unspecified atom stereocenters. The van der Waals surface area contributed by atoms with Gasteiger partial charge in [0.15, 0.2) is 0 Å². The second kappa shape index (κ2) is 52.5. The molecule has 4 N–H and O–H groups in total. The summed E-state index contributed by atoms with van der Waals surface area (Å²) in [6.07, 6.45) is 35.1. The molecule has 0 atom stereocenters. The van der Waals surface area contributed by atoms with Gasteiger partial charge in [-0.2, -0.15) is 6.42 Å². The van der Waals surface area contributed by atoms with Crippen LogP contribution < -0.4 is 59.1 Å². The van der Waals surface area contributed by atoms with Gasteiger partial charge in [-0.15, -0.1) is 0 Å². The van der Waals surface area contributed by atoms with Crippen molar-refractivity contribution in [3.05, 3.63) is 6.92 Å². The molecular weight excluding hydrogens is 506 g/mol. The maximum Gasteiger partial charge on any atom is 1.00 e. The fourth-order valence-electron chi connectivity index (χ4n) is 4.21. The van der Waals surface area contributed by atoms with Crippen LogP contribution in [0.5, 0.6) is 0 Å². The van der Waals surface area contributed by atoms with E-state index in [1.54, 1.807) is 0 Å². The SMILES string of the molecule is CCCCCCCCCCCCCCCCCCO.OCC(O)CO.[CH2-]CCCCCCCCCCC.[H-].[Na+].[Na+]. The summed E-state index contributed by atoms with van der Waals surface area (Å²) < 4.78 is 0. The maximum atomic E-state index is 8.67. The van der Waals surface area contributed by atoms with E-state index >= 15 is 0 Å². The fourth-order valence-corrected chi connectivity index (χ4v) is 4.21. The Balaban J connectivity index is -0.000000119. The van der Waals surface area contributed by atoms with E-state index in [2.05, 4.69) is 20.8 Å². The summed E-state index contributed by atoms with van der Waals surface area (Å²) in [6.45, 7) is 8.04. The predicted molar refractivity (Wildman–Crippen MR) is 165 cm³/mol. The van der Waals surface area contributed by atoms with E-state index in [0.717, 1.165) is 12.8 Å². The van der Waals surface area contributed by atoms with Gasteiger partial charge >= 0.3 is 59.1 Å². The Morgan fingerprint density at radius 2 is 0.667 bits per heavy atom. The van der Waals surface area contributed by atoms with E-state index < -0.39 is 6.10 Å². The van der Waals surface area contributed by atoms with Crippen LogP contribution in [0.1, 0.15) is 182 Å². The Labute approximate surface area is 292 Å². The van der Waals surface area contributed by atoms with Crippen molar-refractivity contribution in [2.75, 3.05) is 19.8 Å². The Hall–Kier alpha value is 1.84. The van der Waals surface area contributed by atoms with E-state index in [0.29, 0.717) is 6.61 Å². The number of unbranched alkanes of at least 4 members (excludes halogenated alkanes) is 24. The molecule has 0 heterocycles. The molecule has 0 aromatic carbocycles. The van der Waals surface area contributed by atoms with E-state index in [1.165, 1.54) is 154 Å². The molecule has 0 amide bonds. The Morgan fingerprint density at radius 1 is 0.436 bits per heavy atom. The van der Waals surface area contributed by atoms with Gasteiger partial charge in [-0.05, 0) is 6.42 Å². The third kappa shape index (κ3) is 60.0. The Morgan fingerprint density at radius 3 is 0.846 bits per heavy atom. The third-order valence-corrected chi connectivity index (χ3v) is 6.79. The topological polar surface area (TPSA) is 80.9 Å². The average molecular weight is 579 g/mol. The number of aliphatic hydroxyl groups is 4. The van der Waals surface area contributed by atoms with Crippen LogP contribution in [0.2, 0.25) is 0 Å². The van der Waals surface area contributed by atoms with Gasteiger partial charge in [0, 0.05) is 6.61 Å². The smallest absolute Gasteiger partial charge is 1.00 e. The summed E-state index contributed by atoms with van der Waals surface area (Å²) in [6, 6.07) is 0. The first-order valence-electron chi connectivity index (χ1n) is 16.4. The monoisotopic (exact) mass is 579 g/mol. The zero-order chi connectivity index (χ0) is 28.1. The van der Waals surface area contributed by atoms with Crippen molar-refractivity contribution in [3.63, 3.8) is 0 Å². The van der Waals surface area contributed by atoms with Gasteiger partial charge in [0.25, 0.3) is 0 Å². The van der Waals surface area contributed by atoms with Crippen LogP contribution >= 0.6 is 0 Å². The van der Waals surface area contributed by atoms with E-state index in [-0.39, 0.29) is 73.8 Å². The summed E-state index contributed by atoms with van der Waals surface area (Å²) in [5, 5.41) is 32.7. The van der Waals surface area contributed by atoms with Crippen LogP contribution in [0.15, 0.2) is 0 Å². The molecule has 4 nitrogen and oxygen atoms in total. The molecule has 0 radical (unpaired) electrons. The predicted octanol–water partition coefficient (Wildman–Crippen LogP) is 3.43. The van der Waals surface area contributed by atoms with E-state index in [9.17, 15) is 0 Å². The van der Waals surface area contributed by atoms with E-state index in [1.807, 2.05) is 0 Å². The van der Waals surface area contributed by atoms with Gasteiger partial charge in [-0.1, -0.05) is 168 Å². The molecule has 0 spiro atoms. The normalized spacial score (nSPS) is 10.2. The second-order valence-electron chi connectivity index (χ2n) is 10.7. The number of aliphatic hydroxyl groups excluding tert-OH is 4. The van der Waals surface area contributed by atoms with Gasteiger partial charge in [-0.25, -0.2) is 0 Å². The molecule has 0 bridgehead atoms. The molecule has 0 saturated carbocycles. The van der Waals surface area contributed by atoms with Crippen molar-refractivity contribution in [3.8, 4) is 0 Å². The fraction of sp³-hybridized carbons (Fsp3) is 0.970. The van der Waals surface area contributed by atoms with Gasteiger partial charge in [0.1, 0.15) is 6.10 Å². The van der Waals surface area contributed by atoms with Crippen molar-refractivity contribution in [1.82, 2.24) is 0 Å². The van der Waals surface area contributed by atoms with Crippen molar-refractivity contribution >= 4 is 0 Å². The summed E-state index contributed by atoms with van der Waals surface area (Å²) in [4.78, 5) is 0. The minimum Gasteiger partial charge on any atom is -1.00 e. The molecule has 0 fully saturated rings. The third-order valence-electron chi connectivity index (χ3n) is 6.79. The molecule has 0 aromatic rings. The summed E-state index contributed by atoms with van der Waals surface area (Å²) in [7, 11) is 0. The molecule has 39 heavy (non-hydrogen) atoms. The molecule has 6 heteroatoms. The van der Waals surface area contributed by atoms with Crippen LogP contribution in [0, 0.1) is 6.92 Å². The van der Waals surface area contributed by atoms with Crippen LogP contribution in [-0.2, 0) is 0 Å². The maximum absolute atomic E-state index is 8.67. The quantitative estimate of drug-likeness (QED) is 0.0684. The molecule has 0 aliphatic heterocycles. The van der Waals surface area contributed by atoms with Crippen LogP contribution in [0.25, 0.3) is 0 Å². The number of rotatable bonds is 27. The molecule has 0 aliphatic carbocycles. The van der Waals surface area contributed by atoms with Crippen LogP contribution in [-0.4, -0.2) is 46.4 Å². The summed E-state index contributed by atoms with van der Waals surface area (Å²) in [5.41, 5.74) is 0. The molecule has 230 valence electrons. The van der Waals surface area contributed by atoms with Crippen molar-refractivity contribution in [2.45, 2.75) is 187 Å². The van der Waals surface area contributed by atoms with Crippen LogP contribution in [0.3, 0.4) is 0 Å². The van der Waals surface area contributed by atoms with Crippen LogP contribution in [0.4, 0.5) is 0 Å². The first-order valence-corrected chi connectivity index (χ1v) is 16.4. The standard InChI is InChI=1S/C18H38O.C12H25.C3H8O3.2Na.H/c1-2-3-4-5-6-7-8-9-10-11-12-13-14-15-16-17-18-19;1-3-5-7-9-11-12-10-8-6-4-2;4-1-3(6)2-5;;;/h19H,2-18H2,1H3;1,3-12H2,2H3;3-6H,1-2H2;;;/q;-1;;2*+1;-1. The van der Waals surface area contributed by atoms with E-state index in [4.69, 9.17) is 20.4 Å². The number of hydrogen-bond donors (Lipinski definition) is 4. The molecular formula is C33H72Na2O4. The van der Waals surface area contributed by atoms with Crippen molar-refractivity contribution < 1.29 is 81.0 Å². The zero-order valence-corrected chi connectivity index (χ0v) is 31.6. The summed E-state index contributed by atoms with van der Waals surface area (Å²) >= 11 is 0. The van der Waals surface area contributed by atoms with Gasteiger partial charge in [-0.3, -0.25) is 0 Å². The van der Waals surface area contributed by atoms with Crippen molar-refractivity contribution in [2.24, 2.45) is 0 Å². The first kappa shape index (κ1) is 50.5. The minimum absolute atomic E-state index is 0. The largest absolute Gasteiger partial charge is 1.00 e. The average Bonchev–Trinajstić information content (AvgIpc) is 2.92.